The highest BCUT2D eigenvalue weighted by Gasteiger charge is 2.17. The SMILES string of the molecule is CC(C)(C)c1csc(CSc2ccc(O)cc2)n1. The van der Waals surface area contributed by atoms with Crippen molar-refractivity contribution in [1.82, 2.24) is 4.98 Å². The van der Waals surface area contributed by atoms with Gasteiger partial charge in [0.05, 0.1) is 11.4 Å². The molecule has 0 aliphatic carbocycles. The van der Waals surface area contributed by atoms with Crippen molar-refractivity contribution in [2.24, 2.45) is 0 Å². The van der Waals surface area contributed by atoms with Crippen LogP contribution in [0.15, 0.2) is 34.5 Å². The van der Waals surface area contributed by atoms with Gasteiger partial charge in [0.15, 0.2) is 0 Å². The third-order valence-corrected chi connectivity index (χ3v) is 4.57. The van der Waals surface area contributed by atoms with E-state index >= 15 is 0 Å². The molecule has 1 aromatic heterocycles. The second-order valence-electron chi connectivity index (χ2n) is 5.16. The maximum atomic E-state index is 9.22. The average molecular weight is 279 g/mol. The summed E-state index contributed by atoms with van der Waals surface area (Å²) in [7, 11) is 0. The molecule has 0 atom stereocenters. The average Bonchev–Trinajstić information content (AvgIpc) is 2.77. The van der Waals surface area contributed by atoms with Crippen LogP contribution in [-0.2, 0) is 11.2 Å². The van der Waals surface area contributed by atoms with Crippen molar-refractivity contribution < 1.29 is 5.11 Å². The van der Waals surface area contributed by atoms with Gasteiger partial charge in [-0.25, -0.2) is 4.98 Å². The Morgan fingerprint density at radius 1 is 1.22 bits per heavy atom. The molecule has 0 bridgehead atoms. The highest BCUT2D eigenvalue weighted by molar-refractivity contribution is 7.98. The number of hydrogen-bond donors (Lipinski definition) is 1. The van der Waals surface area contributed by atoms with Gasteiger partial charge in [-0.05, 0) is 24.3 Å². The Labute approximate surface area is 116 Å². The number of aromatic nitrogens is 1. The van der Waals surface area contributed by atoms with Crippen LogP contribution < -0.4 is 0 Å². The zero-order chi connectivity index (χ0) is 13.2. The number of benzene rings is 1. The summed E-state index contributed by atoms with van der Waals surface area (Å²) in [6.07, 6.45) is 0. The fraction of sp³-hybridized carbons (Fsp3) is 0.357. The van der Waals surface area contributed by atoms with Crippen LogP contribution in [0.4, 0.5) is 0 Å². The summed E-state index contributed by atoms with van der Waals surface area (Å²) in [5, 5.41) is 12.5. The molecule has 2 rings (SSSR count). The molecular formula is C14H17NOS2. The van der Waals surface area contributed by atoms with Crippen LogP contribution in [0.1, 0.15) is 31.5 Å². The lowest BCUT2D eigenvalue weighted by molar-refractivity contribution is 0.475. The van der Waals surface area contributed by atoms with Crippen molar-refractivity contribution in [3.05, 3.63) is 40.3 Å². The number of rotatable bonds is 3. The number of phenols is 1. The number of aromatic hydroxyl groups is 1. The van der Waals surface area contributed by atoms with Crippen molar-refractivity contribution in [3.63, 3.8) is 0 Å². The van der Waals surface area contributed by atoms with E-state index in [2.05, 4.69) is 31.1 Å². The first-order chi connectivity index (χ1) is 8.45. The van der Waals surface area contributed by atoms with E-state index in [0.717, 1.165) is 21.3 Å². The van der Waals surface area contributed by atoms with E-state index < -0.39 is 0 Å². The molecule has 0 spiro atoms. The lowest BCUT2D eigenvalue weighted by Crippen LogP contribution is -2.11. The molecule has 0 radical (unpaired) electrons. The molecule has 0 saturated carbocycles. The smallest absolute Gasteiger partial charge is 0.115 e. The monoisotopic (exact) mass is 279 g/mol. The number of nitrogens with zero attached hydrogens (tertiary/aromatic N) is 1. The molecule has 0 fully saturated rings. The third kappa shape index (κ3) is 3.50. The van der Waals surface area contributed by atoms with Crippen LogP contribution in [0.25, 0.3) is 0 Å². The maximum Gasteiger partial charge on any atom is 0.115 e. The molecular weight excluding hydrogens is 262 g/mol. The molecule has 1 aromatic carbocycles. The molecule has 2 aromatic rings. The molecule has 1 N–H and O–H groups in total. The first kappa shape index (κ1) is 13.4. The molecule has 0 aliphatic heterocycles. The lowest BCUT2D eigenvalue weighted by Gasteiger charge is -2.14. The first-order valence-electron chi connectivity index (χ1n) is 5.82. The van der Waals surface area contributed by atoms with E-state index in [4.69, 9.17) is 0 Å². The highest BCUT2D eigenvalue weighted by atomic mass is 32.2. The van der Waals surface area contributed by atoms with Crippen molar-refractivity contribution in [2.75, 3.05) is 0 Å². The van der Waals surface area contributed by atoms with Gasteiger partial charge in [-0.15, -0.1) is 23.1 Å². The Morgan fingerprint density at radius 3 is 2.44 bits per heavy atom. The van der Waals surface area contributed by atoms with Crippen molar-refractivity contribution >= 4 is 23.1 Å². The van der Waals surface area contributed by atoms with E-state index in [1.54, 1.807) is 35.2 Å². The summed E-state index contributed by atoms with van der Waals surface area (Å²) in [6, 6.07) is 7.28. The summed E-state index contributed by atoms with van der Waals surface area (Å²) in [5.74, 6) is 1.19. The van der Waals surface area contributed by atoms with E-state index in [-0.39, 0.29) is 5.41 Å². The summed E-state index contributed by atoms with van der Waals surface area (Å²) in [4.78, 5) is 5.82. The van der Waals surface area contributed by atoms with Crippen molar-refractivity contribution in [3.8, 4) is 5.75 Å². The van der Waals surface area contributed by atoms with E-state index in [9.17, 15) is 5.11 Å². The second-order valence-corrected chi connectivity index (χ2v) is 7.15. The molecule has 4 heteroatoms. The van der Waals surface area contributed by atoms with Crippen LogP contribution in [0.5, 0.6) is 5.75 Å². The molecule has 1 heterocycles. The van der Waals surface area contributed by atoms with Gasteiger partial charge < -0.3 is 5.11 Å². The maximum absolute atomic E-state index is 9.22. The Morgan fingerprint density at radius 2 is 1.89 bits per heavy atom. The Hall–Kier alpha value is -1.00. The van der Waals surface area contributed by atoms with Gasteiger partial charge in [-0.2, -0.15) is 0 Å². The lowest BCUT2D eigenvalue weighted by atomic mass is 9.93. The van der Waals surface area contributed by atoms with E-state index in [1.807, 2.05) is 12.1 Å². The summed E-state index contributed by atoms with van der Waals surface area (Å²) >= 11 is 3.46. The second kappa shape index (κ2) is 5.33. The number of phenolic OH excluding ortho intramolecular Hbond substituents is 1. The predicted molar refractivity (Wildman–Crippen MR) is 78.5 cm³/mol. The predicted octanol–water partition coefficient (Wildman–Crippen LogP) is 4.44. The molecule has 18 heavy (non-hydrogen) atoms. The summed E-state index contributed by atoms with van der Waals surface area (Å²) in [6.45, 7) is 6.54. The molecule has 0 unspecified atom stereocenters. The topological polar surface area (TPSA) is 33.1 Å². The number of thiazole rings is 1. The van der Waals surface area contributed by atoms with Gasteiger partial charge in [0.25, 0.3) is 0 Å². The van der Waals surface area contributed by atoms with E-state index in [1.165, 1.54) is 0 Å². The van der Waals surface area contributed by atoms with Gasteiger partial charge in [0.1, 0.15) is 10.8 Å². The van der Waals surface area contributed by atoms with Gasteiger partial charge in [-0.3, -0.25) is 0 Å². The minimum absolute atomic E-state index is 0.123. The third-order valence-electron chi connectivity index (χ3n) is 2.52. The van der Waals surface area contributed by atoms with Crippen LogP contribution in [0, 0.1) is 0 Å². The van der Waals surface area contributed by atoms with Gasteiger partial charge in [0.2, 0.25) is 0 Å². The van der Waals surface area contributed by atoms with Gasteiger partial charge in [0, 0.05) is 15.7 Å². The zero-order valence-electron chi connectivity index (χ0n) is 10.8. The summed E-state index contributed by atoms with van der Waals surface area (Å²) < 4.78 is 0. The number of thioether (sulfide) groups is 1. The Kier molecular flexibility index (Phi) is 3.97. The molecule has 0 aliphatic rings. The quantitative estimate of drug-likeness (QED) is 0.843. The van der Waals surface area contributed by atoms with Crippen LogP contribution in [0.3, 0.4) is 0 Å². The summed E-state index contributed by atoms with van der Waals surface area (Å²) in [5.41, 5.74) is 1.28. The zero-order valence-corrected chi connectivity index (χ0v) is 12.4. The normalized spacial score (nSPS) is 11.7. The van der Waals surface area contributed by atoms with Gasteiger partial charge >= 0.3 is 0 Å². The molecule has 96 valence electrons. The Bertz CT molecular complexity index is 511. The number of hydrogen-bond acceptors (Lipinski definition) is 4. The van der Waals surface area contributed by atoms with E-state index in [0.29, 0.717) is 5.75 Å². The molecule has 2 nitrogen and oxygen atoms in total. The first-order valence-corrected chi connectivity index (χ1v) is 7.68. The van der Waals surface area contributed by atoms with Crippen LogP contribution >= 0.6 is 23.1 Å². The Balaban J connectivity index is 1.98. The fourth-order valence-electron chi connectivity index (χ4n) is 1.41. The van der Waals surface area contributed by atoms with Crippen molar-refractivity contribution in [2.45, 2.75) is 36.8 Å². The minimum atomic E-state index is 0.123. The standard InChI is InChI=1S/C14H17NOS2/c1-14(2,3)12-8-18-13(15-12)9-17-11-6-4-10(16)5-7-11/h4-8,16H,9H2,1-3H3. The fourth-order valence-corrected chi connectivity index (χ4v) is 3.35. The van der Waals surface area contributed by atoms with Gasteiger partial charge in [-0.1, -0.05) is 20.8 Å². The van der Waals surface area contributed by atoms with Crippen LogP contribution in [-0.4, -0.2) is 10.1 Å². The minimum Gasteiger partial charge on any atom is -0.508 e. The highest BCUT2D eigenvalue weighted by Crippen LogP contribution is 2.29. The van der Waals surface area contributed by atoms with Crippen LogP contribution in [0.2, 0.25) is 0 Å². The van der Waals surface area contributed by atoms with Crippen molar-refractivity contribution in [1.29, 1.82) is 0 Å². The molecule has 0 saturated heterocycles. The molecule has 0 amide bonds. The largest absolute Gasteiger partial charge is 0.508 e.